The lowest BCUT2D eigenvalue weighted by molar-refractivity contribution is -0.132. The van der Waals surface area contributed by atoms with E-state index in [0.717, 1.165) is 30.1 Å². The highest BCUT2D eigenvalue weighted by atomic mass is 19.3. The molecule has 15 heteroatoms. The van der Waals surface area contributed by atoms with E-state index in [1.165, 1.54) is 9.91 Å². The van der Waals surface area contributed by atoms with Crippen molar-refractivity contribution in [2.45, 2.75) is 12.5 Å². The van der Waals surface area contributed by atoms with Crippen molar-refractivity contribution >= 4 is 29.4 Å². The molecule has 204 valence electrons. The van der Waals surface area contributed by atoms with Gasteiger partial charge in [-0.3, -0.25) is 14.7 Å². The minimum atomic E-state index is -3.21. The molecule has 0 spiro atoms. The van der Waals surface area contributed by atoms with Gasteiger partial charge in [0, 0.05) is 57.9 Å². The van der Waals surface area contributed by atoms with Gasteiger partial charge in [0.2, 0.25) is 0 Å². The van der Waals surface area contributed by atoms with Gasteiger partial charge in [0.1, 0.15) is 11.8 Å². The van der Waals surface area contributed by atoms with Crippen LogP contribution in [0.25, 0.3) is 0 Å². The van der Waals surface area contributed by atoms with Crippen LogP contribution in [0.4, 0.5) is 38.5 Å². The van der Waals surface area contributed by atoms with Crippen LogP contribution >= 0.6 is 0 Å². The third kappa shape index (κ3) is 6.15. The van der Waals surface area contributed by atoms with Gasteiger partial charge in [-0.2, -0.15) is 8.78 Å². The number of carbonyl (C=O) groups is 3. The number of halogens is 4. The van der Waals surface area contributed by atoms with E-state index in [4.69, 9.17) is 4.74 Å². The fourth-order valence-corrected chi connectivity index (χ4v) is 4.43. The number of anilines is 2. The fraction of sp³-hybridized carbons (Fsp3) is 0.591. The number of rotatable bonds is 5. The van der Waals surface area contributed by atoms with Gasteiger partial charge in [-0.05, 0) is 7.05 Å². The van der Waals surface area contributed by atoms with Crippen LogP contribution in [-0.2, 0) is 9.53 Å². The Morgan fingerprint density at radius 2 is 1.76 bits per heavy atom. The Kier molecular flexibility index (Phi) is 8.22. The molecule has 1 aromatic rings. The number of urea groups is 1. The van der Waals surface area contributed by atoms with E-state index in [2.05, 4.69) is 10.3 Å². The molecule has 1 aromatic carbocycles. The molecule has 37 heavy (non-hydrogen) atoms. The van der Waals surface area contributed by atoms with E-state index in [-0.39, 0.29) is 56.7 Å². The van der Waals surface area contributed by atoms with Crippen LogP contribution in [0.3, 0.4) is 0 Å². The average Bonchev–Trinajstić information content (AvgIpc) is 3.06. The first-order valence-electron chi connectivity index (χ1n) is 11.9. The Bertz CT molecular complexity index is 1000. The van der Waals surface area contributed by atoms with Crippen molar-refractivity contribution in [1.29, 1.82) is 0 Å². The van der Waals surface area contributed by atoms with Crippen molar-refractivity contribution in [3.63, 3.8) is 0 Å². The second-order valence-electron chi connectivity index (χ2n) is 9.04. The largest absolute Gasteiger partial charge is 0.442 e. The van der Waals surface area contributed by atoms with Crippen molar-refractivity contribution in [3.8, 4) is 0 Å². The van der Waals surface area contributed by atoms with E-state index < -0.39 is 36.2 Å². The molecule has 0 bridgehead atoms. The summed E-state index contributed by atoms with van der Waals surface area (Å²) < 4.78 is 59.9. The highest BCUT2D eigenvalue weighted by molar-refractivity contribution is 5.90. The van der Waals surface area contributed by atoms with Crippen molar-refractivity contribution in [2.24, 2.45) is 0 Å². The zero-order valence-corrected chi connectivity index (χ0v) is 20.3. The van der Waals surface area contributed by atoms with E-state index in [1.807, 2.05) is 12.4 Å². The summed E-state index contributed by atoms with van der Waals surface area (Å²) in [7, 11) is 1.99. The number of benzene rings is 1. The van der Waals surface area contributed by atoms with Crippen LogP contribution in [0.1, 0.15) is 0 Å². The van der Waals surface area contributed by atoms with E-state index in [1.54, 1.807) is 4.90 Å². The molecule has 4 amide bonds. The fourth-order valence-electron chi connectivity index (χ4n) is 4.43. The third-order valence-electron chi connectivity index (χ3n) is 6.49. The lowest BCUT2D eigenvalue weighted by Gasteiger charge is -2.35. The number of likely N-dealkylation sites (N-methyl/N-ethyl adjacent to an activating group) is 1. The molecule has 0 aliphatic carbocycles. The second-order valence-corrected chi connectivity index (χ2v) is 9.04. The summed E-state index contributed by atoms with van der Waals surface area (Å²) in [6.07, 6.45) is -5.09. The summed E-state index contributed by atoms with van der Waals surface area (Å²) in [6, 6.07) is 1.80. The quantitative estimate of drug-likeness (QED) is 0.539. The number of alkyl halides is 2. The zero-order valence-electron chi connectivity index (χ0n) is 20.3. The van der Waals surface area contributed by atoms with Gasteiger partial charge in [-0.25, -0.2) is 23.8 Å². The minimum Gasteiger partial charge on any atom is -0.442 e. The molecule has 0 saturated carbocycles. The number of nitrogens with zero attached hydrogens (tertiary/aromatic N) is 5. The second kappa shape index (κ2) is 11.4. The molecule has 2 N–H and O–H groups in total. The number of hydrazine groups is 1. The van der Waals surface area contributed by atoms with E-state index in [0.29, 0.717) is 13.1 Å². The van der Waals surface area contributed by atoms with Gasteiger partial charge >= 0.3 is 18.5 Å². The molecule has 11 nitrogen and oxygen atoms in total. The SMILES string of the molecule is CN1CCN(C(=O)N2CCN(c3c(F)cc(N4C[C@H](CNC(=O)C(F)F)OC4=O)cc3F)CCN2)CC1. The highest BCUT2D eigenvalue weighted by Crippen LogP contribution is 2.31. The molecule has 0 unspecified atom stereocenters. The molecule has 3 heterocycles. The van der Waals surface area contributed by atoms with Crippen molar-refractivity contribution < 1.29 is 36.7 Å². The Morgan fingerprint density at radius 1 is 1.08 bits per heavy atom. The van der Waals surface area contributed by atoms with E-state index >= 15 is 8.78 Å². The van der Waals surface area contributed by atoms with Crippen LogP contribution in [-0.4, -0.2) is 118 Å². The third-order valence-corrected chi connectivity index (χ3v) is 6.49. The summed E-state index contributed by atoms with van der Waals surface area (Å²) in [5.74, 6) is -3.32. The predicted octanol–water partition coefficient (Wildman–Crippen LogP) is 0.665. The van der Waals surface area contributed by atoms with Crippen LogP contribution in [0.15, 0.2) is 12.1 Å². The van der Waals surface area contributed by atoms with Crippen LogP contribution in [0.2, 0.25) is 0 Å². The number of cyclic esters (lactones) is 1. The number of hydrogen-bond acceptors (Lipinski definition) is 7. The van der Waals surface area contributed by atoms with Crippen molar-refractivity contribution in [1.82, 2.24) is 25.6 Å². The van der Waals surface area contributed by atoms with Crippen LogP contribution in [0, 0.1) is 11.6 Å². The zero-order chi connectivity index (χ0) is 26.7. The van der Waals surface area contributed by atoms with Gasteiger partial charge in [-0.1, -0.05) is 0 Å². The molecule has 3 saturated heterocycles. The molecular formula is C22H29F4N7O4. The maximum Gasteiger partial charge on any atom is 0.414 e. The molecule has 1 atom stereocenters. The van der Waals surface area contributed by atoms with Crippen LogP contribution in [0.5, 0.6) is 0 Å². The molecule has 0 radical (unpaired) electrons. The minimum absolute atomic E-state index is 0.105. The van der Waals surface area contributed by atoms with Crippen LogP contribution < -0.4 is 20.5 Å². The number of carbonyl (C=O) groups excluding carboxylic acids is 3. The first kappa shape index (κ1) is 26.7. The first-order chi connectivity index (χ1) is 17.6. The molecular weight excluding hydrogens is 502 g/mol. The smallest absolute Gasteiger partial charge is 0.414 e. The first-order valence-corrected chi connectivity index (χ1v) is 11.9. The monoisotopic (exact) mass is 531 g/mol. The molecule has 3 fully saturated rings. The van der Waals surface area contributed by atoms with Crippen molar-refractivity contribution in [2.75, 3.05) is 82.3 Å². The van der Waals surface area contributed by atoms with Gasteiger partial charge in [0.05, 0.1) is 25.3 Å². The maximum absolute atomic E-state index is 15.1. The number of ether oxygens (including phenoxy) is 1. The number of hydrogen-bond donors (Lipinski definition) is 2. The summed E-state index contributed by atoms with van der Waals surface area (Å²) in [6.45, 7) is 3.08. The summed E-state index contributed by atoms with van der Waals surface area (Å²) in [5, 5.41) is 3.41. The topological polar surface area (TPSA) is 101 Å². The number of piperazine rings is 1. The standard InChI is InChI=1S/C22H29F4N7O4/c1-29-4-6-31(7-5-29)21(35)33-9-8-30(3-2-28-33)18-16(23)10-14(11-17(18)24)32-13-15(37-22(32)36)12-27-20(34)19(25)26/h10-11,15,19,28H,2-9,12-13H2,1H3,(H,27,34)/t15-/m0/s1. The predicted molar refractivity (Wildman–Crippen MR) is 124 cm³/mol. The molecule has 0 aromatic heterocycles. The summed E-state index contributed by atoms with van der Waals surface area (Å²) in [5.41, 5.74) is 2.63. The normalized spacial score (nSPS) is 21.4. The highest BCUT2D eigenvalue weighted by Gasteiger charge is 2.35. The lowest BCUT2D eigenvalue weighted by Crippen LogP contribution is -2.55. The Balaban J connectivity index is 1.39. The number of nitrogens with one attached hydrogen (secondary N) is 2. The Morgan fingerprint density at radius 3 is 2.41 bits per heavy atom. The van der Waals surface area contributed by atoms with Gasteiger partial charge < -0.3 is 24.8 Å². The van der Waals surface area contributed by atoms with Crippen molar-refractivity contribution in [3.05, 3.63) is 23.8 Å². The molecule has 3 aliphatic rings. The maximum atomic E-state index is 15.1. The molecule has 3 aliphatic heterocycles. The number of amides is 4. The average molecular weight is 532 g/mol. The summed E-state index contributed by atoms with van der Waals surface area (Å²) in [4.78, 5) is 42.4. The van der Waals surface area contributed by atoms with E-state index in [9.17, 15) is 23.2 Å². The summed E-state index contributed by atoms with van der Waals surface area (Å²) >= 11 is 0. The van der Waals surface area contributed by atoms with Gasteiger partial charge in [-0.15, -0.1) is 0 Å². The van der Waals surface area contributed by atoms with Gasteiger partial charge in [0.25, 0.3) is 5.91 Å². The Labute approximate surface area is 210 Å². The van der Waals surface area contributed by atoms with Gasteiger partial charge in [0.15, 0.2) is 11.6 Å². The molecule has 4 rings (SSSR count). The Hall–Kier alpha value is -3.33. The lowest BCUT2D eigenvalue weighted by atomic mass is 10.2.